The molecule has 3 aromatic rings. The zero-order valence-corrected chi connectivity index (χ0v) is 11.2. The van der Waals surface area contributed by atoms with Gasteiger partial charge in [0.25, 0.3) is 0 Å². The molecule has 2 heterocycles. The molecule has 0 bridgehead atoms. The number of nitrogens with two attached hydrogens (primary N) is 1. The number of anilines is 3. The second-order valence-electron chi connectivity index (χ2n) is 3.95. The topological polar surface area (TPSA) is 50.9 Å². The van der Waals surface area contributed by atoms with Crippen LogP contribution in [0.1, 0.15) is 0 Å². The van der Waals surface area contributed by atoms with Gasteiger partial charge in [-0.05, 0) is 30.3 Å². The lowest BCUT2D eigenvalue weighted by Crippen LogP contribution is -1.94. The summed E-state index contributed by atoms with van der Waals surface area (Å²) in [6.45, 7) is 0. The second-order valence-corrected chi connectivity index (χ2v) is 5.44. The van der Waals surface area contributed by atoms with E-state index in [4.69, 9.17) is 17.3 Å². The van der Waals surface area contributed by atoms with Gasteiger partial charge in [0.15, 0.2) is 0 Å². The smallest absolute Gasteiger partial charge is 0.141 e. The number of pyridine rings is 1. The number of nitrogens with one attached hydrogen (secondary N) is 1. The lowest BCUT2D eigenvalue weighted by Gasteiger charge is -2.06. The van der Waals surface area contributed by atoms with Crippen molar-refractivity contribution in [2.45, 2.75) is 0 Å². The van der Waals surface area contributed by atoms with E-state index in [2.05, 4.69) is 10.3 Å². The van der Waals surface area contributed by atoms with Gasteiger partial charge >= 0.3 is 0 Å². The van der Waals surface area contributed by atoms with Crippen LogP contribution in [0.5, 0.6) is 0 Å². The van der Waals surface area contributed by atoms with Gasteiger partial charge in [0.2, 0.25) is 0 Å². The average Bonchev–Trinajstić information content (AvgIpc) is 2.71. The molecule has 3 N–H and O–H groups in total. The molecule has 0 aliphatic heterocycles. The Bertz CT molecular complexity index is 757. The normalized spacial score (nSPS) is 10.8. The summed E-state index contributed by atoms with van der Waals surface area (Å²) < 4.78 is 14.1. The highest BCUT2D eigenvalue weighted by Crippen LogP contribution is 2.38. The van der Waals surface area contributed by atoms with Crippen molar-refractivity contribution in [1.29, 1.82) is 0 Å². The molecule has 0 spiro atoms. The second kappa shape index (κ2) is 4.68. The van der Waals surface area contributed by atoms with E-state index in [-0.39, 0.29) is 5.02 Å². The van der Waals surface area contributed by atoms with E-state index < -0.39 is 5.82 Å². The number of hydrogen-bond acceptors (Lipinski definition) is 4. The molecule has 96 valence electrons. The van der Waals surface area contributed by atoms with E-state index in [0.717, 1.165) is 15.9 Å². The Morgan fingerprint density at radius 3 is 2.95 bits per heavy atom. The van der Waals surface area contributed by atoms with E-state index in [1.807, 2.05) is 12.1 Å². The standard InChI is InChI=1S/C13H9ClFN3S/c14-8-6-7(3-4-9(8)15)18-12-11-10(19-13(12)16)2-1-5-17-11/h1-6,18H,16H2. The lowest BCUT2D eigenvalue weighted by molar-refractivity contribution is 0.628. The maximum Gasteiger partial charge on any atom is 0.141 e. The molecule has 6 heteroatoms. The Morgan fingerprint density at radius 1 is 1.32 bits per heavy atom. The quantitative estimate of drug-likeness (QED) is 0.735. The minimum Gasteiger partial charge on any atom is -0.389 e. The van der Waals surface area contributed by atoms with Crippen molar-refractivity contribution in [1.82, 2.24) is 4.98 Å². The van der Waals surface area contributed by atoms with E-state index in [0.29, 0.717) is 10.7 Å². The number of benzene rings is 1. The van der Waals surface area contributed by atoms with Gasteiger partial charge in [-0.3, -0.25) is 4.98 Å². The van der Waals surface area contributed by atoms with Gasteiger partial charge in [-0.25, -0.2) is 4.39 Å². The van der Waals surface area contributed by atoms with Crippen molar-refractivity contribution in [2.24, 2.45) is 0 Å². The number of thiophene rings is 1. The molecule has 0 aliphatic rings. The average molecular weight is 294 g/mol. The first kappa shape index (κ1) is 12.2. The maximum absolute atomic E-state index is 13.1. The third kappa shape index (κ3) is 2.22. The number of hydrogen-bond donors (Lipinski definition) is 2. The van der Waals surface area contributed by atoms with Gasteiger partial charge < -0.3 is 11.1 Å². The van der Waals surface area contributed by atoms with E-state index in [1.54, 1.807) is 12.3 Å². The van der Waals surface area contributed by atoms with Crippen LogP contribution in [0.25, 0.3) is 10.2 Å². The first-order valence-corrected chi connectivity index (χ1v) is 6.69. The monoisotopic (exact) mass is 293 g/mol. The molecule has 0 fully saturated rings. The molecule has 0 atom stereocenters. The molecule has 1 aromatic carbocycles. The van der Waals surface area contributed by atoms with Crippen LogP contribution >= 0.6 is 22.9 Å². The van der Waals surface area contributed by atoms with Crippen LogP contribution in [-0.4, -0.2) is 4.98 Å². The first-order valence-electron chi connectivity index (χ1n) is 5.50. The summed E-state index contributed by atoms with van der Waals surface area (Å²) in [7, 11) is 0. The van der Waals surface area contributed by atoms with Crippen LogP contribution in [0.3, 0.4) is 0 Å². The van der Waals surface area contributed by atoms with Crippen LogP contribution in [0.2, 0.25) is 5.02 Å². The van der Waals surface area contributed by atoms with Gasteiger partial charge in [-0.2, -0.15) is 0 Å². The molecule has 0 aliphatic carbocycles. The molecule has 19 heavy (non-hydrogen) atoms. The van der Waals surface area contributed by atoms with Gasteiger partial charge in [0.1, 0.15) is 16.3 Å². The molecule has 0 saturated carbocycles. The Balaban J connectivity index is 2.05. The molecule has 3 nitrogen and oxygen atoms in total. The van der Waals surface area contributed by atoms with Crippen molar-refractivity contribution < 1.29 is 4.39 Å². The molecule has 0 radical (unpaired) electrons. The maximum atomic E-state index is 13.1. The van der Waals surface area contributed by atoms with Crippen LogP contribution in [0.15, 0.2) is 36.5 Å². The van der Waals surface area contributed by atoms with E-state index in [1.165, 1.54) is 23.5 Å². The van der Waals surface area contributed by atoms with Crippen LogP contribution in [0.4, 0.5) is 20.8 Å². The number of nitrogen functional groups attached to an aromatic ring is 1. The molecule has 3 rings (SSSR count). The zero-order chi connectivity index (χ0) is 13.4. The number of halogens is 2. The zero-order valence-electron chi connectivity index (χ0n) is 9.65. The summed E-state index contributed by atoms with van der Waals surface area (Å²) >= 11 is 7.20. The summed E-state index contributed by atoms with van der Waals surface area (Å²) in [4.78, 5) is 4.30. The third-order valence-electron chi connectivity index (χ3n) is 2.66. The minimum absolute atomic E-state index is 0.0658. The van der Waals surface area contributed by atoms with Crippen LogP contribution in [0, 0.1) is 5.82 Å². The largest absolute Gasteiger partial charge is 0.389 e. The van der Waals surface area contributed by atoms with Crippen molar-refractivity contribution >= 4 is 49.5 Å². The van der Waals surface area contributed by atoms with Gasteiger partial charge in [-0.15, -0.1) is 11.3 Å². The summed E-state index contributed by atoms with van der Waals surface area (Å²) in [5, 5.41) is 3.83. The first-order chi connectivity index (χ1) is 9.15. The van der Waals surface area contributed by atoms with Crippen LogP contribution < -0.4 is 11.1 Å². The Kier molecular flexibility index (Phi) is 3.00. The highest BCUT2D eigenvalue weighted by atomic mass is 35.5. The van der Waals surface area contributed by atoms with Crippen molar-refractivity contribution in [3.8, 4) is 0 Å². The highest BCUT2D eigenvalue weighted by molar-refractivity contribution is 7.23. The van der Waals surface area contributed by atoms with Gasteiger partial charge in [0.05, 0.1) is 15.4 Å². The highest BCUT2D eigenvalue weighted by Gasteiger charge is 2.11. The summed E-state index contributed by atoms with van der Waals surface area (Å²) in [6.07, 6.45) is 1.71. The fraction of sp³-hybridized carbons (Fsp3) is 0. The predicted octanol–water partition coefficient (Wildman–Crippen LogP) is 4.41. The molecule has 2 aromatic heterocycles. The van der Waals surface area contributed by atoms with Crippen molar-refractivity contribution in [2.75, 3.05) is 11.1 Å². The fourth-order valence-corrected chi connectivity index (χ4v) is 2.85. The molecule has 0 saturated heterocycles. The van der Waals surface area contributed by atoms with Crippen molar-refractivity contribution in [3.05, 3.63) is 47.4 Å². The van der Waals surface area contributed by atoms with Gasteiger partial charge in [0, 0.05) is 11.9 Å². The lowest BCUT2D eigenvalue weighted by atomic mass is 10.3. The Morgan fingerprint density at radius 2 is 2.16 bits per heavy atom. The summed E-state index contributed by atoms with van der Waals surface area (Å²) in [6, 6.07) is 8.24. The molecular formula is C13H9ClFN3S. The summed E-state index contributed by atoms with van der Waals surface area (Å²) in [5.74, 6) is -0.450. The minimum atomic E-state index is -0.450. The number of aromatic nitrogens is 1. The molecule has 0 amide bonds. The van der Waals surface area contributed by atoms with E-state index >= 15 is 0 Å². The number of rotatable bonds is 2. The van der Waals surface area contributed by atoms with E-state index in [9.17, 15) is 4.39 Å². The fourth-order valence-electron chi connectivity index (χ4n) is 1.79. The molecular weight excluding hydrogens is 285 g/mol. The number of fused-ring (bicyclic) bond motifs is 1. The predicted molar refractivity (Wildman–Crippen MR) is 78.7 cm³/mol. The Labute approximate surface area is 117 Å². The molecule has 0 unspecified atom stereocenters. The number of nitrogens with zero attached hydrogens (tertiary/aromatic N) is 1. The van der Waals surface area contributed by atoms with Crippen LogP contribution in [-0.2, 0) is 0 Å². The summed E-state index contributed by atoms with van der Waals surface area (Å²) in [5.41, 5.74) is 8.17. The van der Waals surface area contributed by atoms with Crippen molar-refractivity contribution in [3.63, 3.8) is 0 Å². The Hall–Kier alpha value is -1.85. The SMILES string of the molecule is Nc1sc2cccnc2c1Nc1ccc(F)c(Cl)c1. The van der Waals surface area contributed by atoms with Gasteiger partial charge in [-0.1, -0.05) is 11.6 Å². The third-order valence-corrected chi connectivity index (χ3v) is 3.93.